The van der Waals surface area contributed by atoms with Crippen molar-refractivity contribution in [3.05, 3.63) is 35.6 Å². The Morgan fingerprint density at radius 3 is 2.94 bits per heavy atom. The van der Waals surface area contributed by atoms with Crippen LogP contribution in [0.5, 0.6) is 0 Å². The van der Waals surface area contributed by atoms with Crippen LogP contribution in [0.1, 0.15) is 12.0 Å². The first-order valence-corrected chi connectivity index (χ1v) is 6.28. The number of hydrogen-bond acceptors (Lipinski definition) is 2. The lowest BCUT2D eigenvalue weighted by Crippen LogP contribution is -2.37. The van der Waals surface area contributed by atoms with Crippen molar-refractivity contribution in [3.63, 3.8) is 0 Å². The second kappa shape index (κ2) is 8.06. The highest BCUT2D eigenvalue weighted by Crippen LogP contribution is 2.05. The molecular formula is C13H17ClFNO2. The summed E-state index contributed by atoms with van der Waals surface area (Å²) in [5.74, 6) is -0.172. The lowest BCUT2D eigenvalue weighted by molar-refractivity contribution is -0.121. The highest BCUT2D eigenvalue weighted by Gasteiger charge is 2.11. The normalized spacial score (nSPS) is 12.2. The van der Waals surface area contributed by atoms with Gasteiger partial charge in [-0.1, -0.05) is 12.1 Å². The van der Waals surface area contributed by atoms with Crippen LogP contribution < -0.4 is 5.32 Å². The topological polar surface area (TPSA) is 38.3 Å². The van der Waals surface area contributed by atoms with Crippen molar-refractivity contribution in [3.8, 4) is 0 Å². The van der Waals surface area contributed by atoms with Crippen molar-refractivity contribution in [2.24, 2.45) is 0 Å². The predicted octanol–water partition coefficient (Wildman–Crippen LogP) is 2.13. The number of alkyl halides is 1. The lowest BCUT2D eigenvalue weighted by atomic mass is 10.1. The van der Waals surface area contributed by atoms with Gasteiger partial charge in [0, 0.05) is 25.6 Å². The van der Waals surface area contributed by atoms with Crippen molar-refractivity contribution >= 4 is 17.5 Å². The van der Waals surface area contributed by atoms with Gasteiger partial charge in [-0.15, -0.1) is 11.6 Å². The van der Waals surface area contributed by atoms with E-state index < -0.39 is 0 Å². The smallest absolute Gasteiger partial charge is 0.224 e. The zero-order chi connectivity index (χ0) is 13.4. The number of amides is 1. The van der Waals surface area contributed by atoms with Crippen LogP contribution in [0.2, 0.25) is 0 Å². The minimum absolute atomic E-state index is 0.118. The number of hydrogen-bond donors (Lipinski definition) is 1. The molecule has 0 heterocycles. The summed E-state index contributed by atoms with van der Waals surface area (Å²) in [6.07, 6.45) is 0.813. The van der Waals surface area contributed by atoms with Gasteiger partial charge in [0.1, 0.15) is 5.82 Å². The molecular weight excluding hydrogens is 257 g/mol. The molecule has 1 amide bonds. The van der Waals surface area contributed by atoms with Crippen molar-refractivity contribution in [1.82, 2.24) is 5.32 Å². The number of benzene rings is 1. The summed E-state index contributed by atoms with van der Waals surface area (Å²) in [5, 5.41) is 2.80. The van der Waals surface area contributed by atoms with Gasteiger partial charge in [-0.2, -0.15) is 0 Å². The standard InChI is InChI=1S/C13H17ClFNO2/c1-18-6-5-12(9-14)16-13(17)8-10-3-2-4-11(15)7-10/h2-4,7,12H,5-6,8-9H2,1H3,(H,16,17). The van der Waals surface area contributed by atoms with Crippen LogP contribution >= 0.6 is 11.6 Å². The van der Waals surface area contributed by atoms with Crippen LogP contribution in [0, 0.1) is 5.82 Å². The SMILES string of the molecule is COCCC(CCl)NC(=O)Cc1cccc(F)c1. The molecule has 0 saturated heterocycles. The average molecular weight is 274 g/mol. The lowest BCUT2D eigenvalue weighted by Gasteiger charge is -2.15. The minimum Gasteiger partial charge on any atom is -0.385 e. The Kier molecular flexibility index (Phi) is 6.68. The molecule has 3 nitrogen and oxygen atoms in total. The maximum Gasteiger partial charge on any atom is 0.224 e. The molecule has 100 valence electrons. The third-order valence-corrected chi connectivity index (χ3v) is 2.85. The Morgan fingerprint density at radius 2 is 2.33 bits per heavy atom. The third kappa shape index (κ3) is 5.47. The summed E-state index contributed by atoms with van der Waals surface area (Å²) in [6, 6.07) is 5.88. The van der Waals surface area contributed by atoms with Crippen LogP contribution in [0.25, 0.3) is 0 Å². The zero-order valence-corrected chi connectivity index (χ0v) is 11.0. The van der Waals surface area contributed by atoms with E-state index in [0.29, 0.717) is 24.5 Å². The monoisotopic (exact) mass is 273 g/mol. The van der Waals surface area contributed by atoms with Crippen LogP contribution in [0.4, 0.5) is 4.39 Å². The molecule has 5 heteroatoms. The fourth-order valence-electron chi connectivity index (χ4n) is 1.56. The number of methoxy groups -OCH3 is 1. The number of ether oxygens (including phenoxy) is 1. The van der Waals surface area contributed by atoms with Gasteiger partial charge in [0.15, 0.2) is 0 Å². The summed E-state index contributed by atoms with van der Waals surface area (Å²) in [4.78, 5) is 11.7. The molecule has 0 aliphatic rings. The summed E-state index contributed by atoms with van der Waals surface area (Å²) in [6.45, 7) is 0.539. The van der Waals surface area contributed by atoms with Crippen LogP contribution in [0.3, 0.4) is 0 Å². The van der Waals surface area contributed by atoms with Gasteiger partial charge in [-0.3, -0.25) is 4.79 Å². The molecule has 18 heavy (non-hydrogen) atoms. The van der Waals surface area contributed by atoms with Crippen molar-refractivity contribution in [2.45, 2.75) is 18.9 Å². The number of carbonyl (C=O) groups excluding carboxylic acids is 1. The fourth-order valence-corrected chi connectivity index (χ4v) is 1.79. The molecule has 0 bridgehead atoms. The van der Waals surface area contributed by atoms with Gasteiger partial charge < -0.3 is 10.1 Å². The van der Waals surface area contributed by atoms with E-state index in [1.807, 2.05) is 0 Å². The first kappa shape index (κ1) is 14.9. The van der Waals surface area contributed by atoms with Crippen LogP contribution in [-0.4, -0.2) is 31.5 Å². The average Bonchev–Trinajstić information content (AvgIpc) is 2.34. The maximum atomic E-state index is 12.9. The van der Waals surface area contributed by atoms with Gasteiger partial charge in [-0.25, -0.2) is 4.39 Å². The minimum atomic E-state index is -0.339. The fraction of sp³-hybridized carbons (Fsp3) is 0.462. The van der Waals surface area contributed by atoms with E-state index in [9.17, 15) is 9.18 Å². The van der Waals surface area contributed by atoms with E-state index >= 15 is 0 Å². The second-order valence-corrected chi connectivity index (χ2v) is 4.32. The molecule has 1 unspecified atom stereocenters. The Morgan fingerprint density at radius 1 is 1.56 bits per heavy atom. The van der Waals surface area contributed by atoms with Gasteiger partial charge in [0.25, 0.3) is 0 Å². The molecule has 1 atom stereocenters. The van der Waals surface area contributed by atoms with Gasteiger partial charge in [0.05, 0.1) is 6.42 Å². The molecule has 0 aromatic heterocycles. The Balaban J connectivity index is 2.45. The highest BCUT2D eigenvalue weighted by atomic mass is 35.5. The quantitative estimate of drug-likeness (QED) is 0.773. The largest absolute Gasteiger partial charge is 0.385 e. The van der Waals surface area contributed by atoms with E-state index in [2.05, 4.69) is 5.32 Å². The van der Waals surface area contributed by atoms with Crippen LogP contribution in [0.15, 0.2) is 24.3 Å². The molecule has 0 aliphatic carbocycles. The van der Waals surface area contributed by atoms with Crippen LogP contribution in [-0.2, 0) is 16.0 Å². The Hall–Kier alpha value is -1.13. The number of rotatable bonds is 7. The first-order valence-electron chi connectivity index (χ1n) is 5.74. The molecule has 0 aliphatic heterocycles. The van der Waals surface area contributed by atoms with E-state index in [1.165, 1.54) is 12.1 Å². The Labute approximate surface area is 111 Å². The zero-order valence-electron chi connectivity index (χ0n) is 10.3. The summed E-state index contributed by atoms with van der Waals surface area (Å²) >= 11 is 5.75. The van der Waals surface area contributed by atoms with E-state index in [4.69, 9.17) is 16.3 Å². The van der Waals surface area contributed by atoms with Crippen molar-refractivity contribution in [2.75, 3.05) is 19.6 Å². The molecule has 0 fully saturated rings. The first-order chi connectivity index (χ1) is 8.65. The molecule has 0 saturated carbocycles. The predicted molar refractivity (Wildman–Crippen MR) is 69.2 cm³/mol. The maximum absolute atomic E-state index is 12.9. The molecule has 0 spiro atoms. The molecule has 1 aromatic carbocycles. The van der Waals surface area contributed by atoms with E-state index in [1.54, 1.807) is 19.2 Å². The molecule has 1 aromatic rings. The third-order valence-electron chi connectivity index (χ3n) is 2.48. The summed E-state index contributed by atoms with van der Waals surface area (Å²) in [7, 11) is 1.60. The summed E-state index contributed by atoms with van der Waals surface area (Å²) in [5.41, 5.74) is 0.646. The summed E-state index contributed by atoms with van der Waals surface area (Å²) < 4.78 is 17.9. The number of halogens is 2. The van der Waals surface area contributed by atoms with Crippen molar-refractivity contribution < 1.29 is 13.9 Å². The Bertz CT molecular complexity index is 387. The second-order valence-electron chi connectivity index (χ2n) is 4.01. The molecule has 0 radical (unpaired) electrons. The molecule has 1 N–H and O–H groups in total. The van der Waals surface area contributed by atoms with Gasteiger partial charge >= 0.3 is 0 Å². The highest BCUT2D eigenvalue weighted by molar-refractivity contribution is 6.18. The van der Waals surface area contributed by atoms with Crippen molar-refractivity contribution in [1.29, 1.82) is 0 Å². The van der Waals surface area contributed by atoms with E-state index in [-0.39, 0.29) is 24.2 Å². The van der Waals surface area contributed by atoms with Gasteiger partial charge in [-0.05, 0) is 24.1 Å². The number of nitrogens with one attached hydrogen (secondary N) is 1. The molecule has 1 rings (SSSR count). The number of carbonyl (C=O) groups is 1. The van der Waals surface area contributed by atoms with E-state index in [0.717, 1.165) is 0 Å². The van der Waals surface area contributed by atoms with Gasteiger partial charge in [0.2, 0.25) is 5.91 Å².